The van der Waals surface area contributed by atoms with Crippen molar-refractivity contribution in [2.45, 2.75) is 31.3 Å². The first-order valence-corrected chi connectivity index (χ1v) is 6.39. The van der Waals surface area contributed by atoms with E-state index in [0.29, 0.717) is 12.2 Å². The third-order valence-corrected chi connectivity index (χ3v) is 4.13. The van der Waals surface area contributed by atoms with Gasteiger partial charge >= 0.3 is 6.16 Å². The Labute approximate surface area is 112 Å². The maximum Gasteiger partial charge on any atom is 0.514 e. The molecule has 1 unspecified atom stereocenters. The molecule has 98 valence electrons. The van der Waals surface area contributed by atoms with Crippen molar-refractivity contribution in [2.75, 3.05) is 0 Å². The molecule has 2 bridgehead atoms. The predicted molar refractivity (Wildman–Crippen MR) is 72.2 cm³/mol. The van der Waals surface area contributed by atoms with Crippen molar-refractivity contribution in [2.24, 2.45) is 0 Å². The van der Waals surface area contributed by atoms with Crippen molar-refractivity contribution >= 4 is 6.16 Å². The summed E-state index contributed by atoms with van der Waals surface area (Å²) < 4.78 is 10.9. The quantitative estimate of drug-likeness (QED) is 0.524. The number of carbonyl (C=O) groups is 1. The number of hydrogen-bond acceptors (Lipinski definition) is 3. The van der Waals surface area contributed by atoms with Crippen LogP contribution in [0.3, 0.4) is 0 Å². The van der Waals surface area contributed by atoms with Crippen molar-refractivity contribution in [1.82, 2.24) is 0 Å². The van der Waals surface area contributed by atoms with E-state index in [4.69, 9.17) is 9.47 Å². The van der Waals surface area contributed by atoms with E-state index in [9.17, 15) is 4.79 Å². The molecule has 4 rings (SSSR count). The molecule has 0 N–H and O–H groups in total. The van der Waals surface area contributed by atoms with E-state index in [2.05, 4.69) is 13.8 Å². The maximum absolute atomic E-state index is 11.9. The van der Waals surface area contributed by atoms with E-state index < -0.39 is 11.8 Å². The molecule has 3 heteroatoms. The molecule has 1 atom stereocenters. The van der Waals surface area contributed by atoms with Crippen LogP contribution in [0, 0.1) is 0 Å². The maximum atomic E-state index is 11.9. The molecule has 1 aliphatic carbocycles. The van der Waals surface area contributed by atoms with Crippen LogP contribution in [0.25, 0.3) is 0 Å². The minimum atomic E-state index is -0.706. The Bertz CT molecular complexity index is 566. The standard InChI is InChI=1S/C16H16O3/c1-15(2)12-6-8-13(9-7-12)18-14(17)19-16(15)10-4-3-5-11-16/h3-10H,11H2,1-2H3. The fourth-order valence-electron chi connectivity index (χ4n) is 2.72. The summed E-state index contributed by atoms with van der Waals surface area (Å²) in [5.41, 5.74) is 0.0770. The van der Waals surface area contributed by atoms with Gasteiger partial charge in [0.2, 0.25) is 0 Å². The molecule has 1 spiro atoms. The van der Waals surface area contributed by atoms with Gasteiger partial charge in [-0.25, -0.2) is 4.79 Å². The Morgan fingerprint density at radius 1 is 1.11 bits per heavy atom. The Kier molecular flexibility index (Phi) is 2.52. The number of hydrogen-bond donors (Lipinski definition) is 0. The smallest absolute Gasteiger partial charge is 0.422 e. The average molecular weight is 256 g/mol. The van der Waals surface area contributed by atoms with E-state index in [1.54, 1.807) is 12.1 Å². The Morgan fingerprint density at radius 3 is 2.47 bits per heavy atom. The minimum Gasteiger partial charge on any atom is -0.422 e. The van der Waals surface area contributed by atoms with Crippen LogP contribution >= 0.6 is 0 Å². The fraction of sp³-hybridized carbons (Fsp3) is 0.312. The SMILES string of the molecule is CC1(C)c2ccc(cc2)OC(=O)OC12C=CC=CC2. The van der Waals surface area contributed by atoms with Gasteiger partial charge in [-0.2, -0.15) is 0 Å². The lowest BCUT2D eigenvalue weighted by Gasteiger charge is -2.43. The lowest BCUT2D eigenvalue weighted by atomic mass is 9.67. The van der Waals surface area contributed by atoms with Gasteiger partial charge in [0.15, 0.2) is 0 Å². The normalized spacial score (nSPS) is 27.4. The molecule has 1 aromatic rings. The summed E-state index contributed by atoms with van der Waals surface area (Å²) in [5.74, 6) is 0.511. The Hall–Kier alpha value is -2.03. The van der Waals surface area contributed by atoms with E-state index in [1.165, 1.54) is 0 Å². The van der Waals surface area contributed by atoms with Gasteiger partial charge in [0.1, 0.15) is 11.4 Å². The number of fused-ring (bicyclic) bond motifs is 4. The van der Waals surface area contributed by atoms with Crippen molar-refractivity contribution in [3.63, 3.8) is 0 Å². The number of benzene rings is 1. The van der Waals surface area contributed by atoms with Crippen molar-refractivity contribution in [1.29, 1.82) is 0 Å². The second kappa shape index (κ2) is 3.98. The summed E-state index contributed by atoms with van der Waals surface area (Å²) in [7, 11) is 0. The molecule has 19 heavy (non-hydrogen) atoms. The zero-order valence-corrected chi connectivity index (χ0v) is 11.1. The summed E-state index contributed by atoms with van der Waals surface area (Å²) in [5, 5.41) is 0. The van der Waals surface area contributed by atoms with Gasteiger partial charge in [-0.1, -0.05) is 44.2 Å². The molecule has 0 amide bonds. The highest BCUT2D eigenvalue weighted by Crippen LogP contribution is 2.44. The molecule has 0 saturated heterocycles. The summed E-state index contributed by atoms with van der Waals surface area (Å²) in [6.07, 6.45) is 7.84. The number of ether oxygens (including phenoxy) is 2. The Morgan fingerprint density at radius 2 is 1.84 bits per heavy atom. The summed E-state index contributed by atoms with van der Waals surface area (Å²) in [6, 6.07) is 7.59. The van der Waals surface area contributed by atoms with Crippen LogP contribution in [0.2, 0.25) is 0 Å². The zero-order chi connectivity index (χ0) is 13.5. The molecule has 3 nitrogen and oxygen atoms in total. The summed E-state index contributed by atoms with van der Waals surface area (Å²) in [6.45, 7) is 4.17. The zero-order valence-electron chi connectivity index (χ0n) is 11.1. The van der Waals surface area contributed by atoms with Gasteiger partial charge in [0.25, 0.3) is 0 Å². The van der Waals surface area contributed by atoms with Crippen LogP contribution in [0.15, 0.2) is 48.6 Å². The molecular formula is C16H16O3. The van der Waals surface area contributed by atoms with Gasteiger partial charge < -0.3 is 9.47 Å². The molecular weight excluding hydrogens is 240 g/mol. The average Bonchev–Trinajstić information content (AvgIpc) is 2.44. The van der Waals surface area contributed by atoms with Gasteiger partial charge in [-0.05, 0) is 23.8 Å². The van der Waals surface area contributed by atoms with Crippen molar-refractivity contribution in [3.8, 4) is 5.75 Å². The first kappa shape index (κ1) is 12.0. The predicted octanol–water partition coefficient (Wildman–Crippen LogP) is 3.75. The van der Waals surface area contributed by atoms with Gasteiger partial charge in [-0.15, -0.1) is 0 Å². The van der Waals surface area contributed by atoms with Gasteiger partial charge in [0, 0.05) is 11.8 Å². The van der Waals surface area contributed by atoms with Crippen LogP contribution in [-0.4, -0.2) is 11.8 Å². The van der Waals surface area contributed by atoms with E-state index in [-0.39, 0.29) is 5.41 Å². The monoisotopic (exact) mass is 256 g/mol. The van der Waals surface area contributed by atoms with E-state index in [1.807, 2.05) is 36.4 Å². The molecule has 1 aromatic carbocycles. The van der Waals surface area contributed by atoms with E-state index >= 15 is 0 Å². The molecule has 0 aromatic heterocycles. The number of allylic oxidation sites excluding steroid dienone is 2. The molecule has 0 fully saturated rings. The van der Waals surface area contributed by atoms with Crippen molar-refractivity contribution in [3.05, 3.63) is 54.1 Å². The highest BCUT2D eigenvalue weighted by Gasteiger charge is 2.48. The van der Waals surface area contributed by atoms with Crippen molar-refractivity contribution < 1.29 is 14.3 Å². The first-order chi connectivity index (χ1) is 9.03. The van der Waals surface area contributed by atoms with Crippen LogP contribution < -0.4 is 4.74 Å². The topological polar surface area (TPSA) is 35.5 Å². The second-order valence-electron chi connectivity index (χ2n) is 5.48. The molecule has 3 aliphatic rings. The minimum absolute atomic E-state index is 0.337. The van der Waals surface area contributed by atoms with Gasteiger partial charge in [0.05, 0.1) is 0 Å². The van der Waals surface area contributed by atoms with Crippen LogP contribution in [0.1, 0.15) is 25.8 Å². The largest absolute Gasteiger partial charge is 0.514 e. The summed E-state index contributed by atoms with van der Waals surface area (Å²) in [4.78, 5) is 11.9. The second-order valence-corrected chi connectivity index (χ2v) is 5.48. The lowest BCUT2D eigenvalue weighted by molar-refractivity contribution is -0.0234. The third kappa shape index (κ3) is 1.77. The number of carbonyl (C=O) groups excluding carboxylic acids is 1. The van der Waals surface area contributed by atoms with Gasteiger partial charge in [-0.3, -0.25) is 0 Å². The Balaban J connectivity index is 2.17. The highest BCUT2D eigenvalue weighted by molar-refractivity contribution is 5.66. The van der Waals surface area contributed by atoms with Crippen LogP contribution in [-0.2, 0) is 10.2 Å². The summed E-state index contributed by atoms with van der Waals surface area (Å²) >= 11 is 0. The molecule has 0 radical (unpaired) electrons. The molecule has 0 saturated carbocycles. The number of rotatable bonds is 0. The van der Waals surface area contributed by atoms with Crippen LogP contribution in [0.4, 0.5) is 4.79 Å². The van der Waals surface area contributed by atoms with Crippen LogP contribution in [0.5, 0.6) is 5.75 Å². The first-order valence-electron chi connectivity index (χ1n) is 6.39. The lowest BCUT2D eigenvalue weighted by Crippen LogP contribution is -2.50. The fourth-order valence-corrected chi connectivity index (χ4v) is 2.72. The highest BCUT2D eigenvalue weighted by atomic mass is 16.7. The van der Waals surface area contributed by atoms with E-state index in [0.717, 1.165) is 5.56 Å². The molecule has 2 aliphatic heterocycles. The molecule has 2 heterocycles. The third-order valence-electron chi connectivity index (χ3n) is 4.13.